The average Bonchev–Trinajstić information content (AvgIpc) is 3.07. The van der Waals surface area contributed by atoms with Crippen molar-refractivity contribution in [2.24, 2.45) is 0 Å². The molecule has 118 valence electrons. The first-order valence-corrected chi connectivity index (χ1v) is 7.89. The fourth-order valence-electron chi connectivity index (χ4n) is 2.21. The summed E-state index contributed by atoms with van der Waals surface area (Å²) in [7, 11) is 0. The van der Waals surface area contributed by atoms with Gasteiger partial charge in [0.15, 0.2) is 11.5 Å². The number of benzene rings is 1. The molecular weight excluding hydrogens is 325 g/mol. The van der Waals surface area contributed by atoms with Gasteiger partial charge in [0.1, 0.15) is 0 Å². The van der Waals surface area contributed by atoms with Crippen LogP contribution in [0.2, 0.25) is 0 Å². The van der Waals surface area contributed by atoms with Gasteiger partial charge >= 0.3 is 0 Å². The number of carbonyl (C=O) groups is 1. The highest BCUT2D eigenvalue weighted by atomic mass is 32.1. The van der Waals surface area contributed by atoms with E-state index in [1.165, 1.54) is 23.6 Å². The third-order valence-corrected chi connectivity index (χ3v) is 4.58. The largest absolute Gasteiger partial charge is 0.319 e. The summed E-state index contributed by atoms with van der Waals surface area (Å²) in [4.78, 5) is 20.7. The molecule has 0 aliphatic carbocycles. The van der Waals surface area contributed by atoms with E-state index < -0.39 is 5.82 Å². The van der Waals surface area contributed by atoms with Gasteiger partial charge in [0.05, 0.1) is 23.3 Å². The minimum Gasteiger partial charge on any atom is -0.319 e. The Hall–Kier alpha value is -3.04. The number of pyridine rings is 1. The number of carbonyl (C=O) groups excluding carboxylic acids is 1. The van der Waals surface area contributed by atoms with Crippen molar-refractivity contribution in [3.05, 3.63) is 76.5 Å². The summed E-state index contributed by atoms with van der Waals surface area (Å²) < 4.78 is 13.6. The van der Waals surface area contributed by atoms with E-state index in [4.69, 9.17) is 6.57 Å². The van der Waals surface area contributed by atoms with Crippen LogP contribution < -0.4 is 5.32 Å². The van der Waals surface area contributed by atoms with Crippen LogP contribution in [-0.4, -0.2) is 10.9 Å². The summed E-state index contributed by atoms with van der Waals surface area (Å²) in [6.07, 6.45) is 2.46. The van der Waals surface area contributed by atoms with Gasteiger partial charge in [-0.05, 0) is 42.3 Å². The lowest BCUT2D eigenvalue weighted by molar-refractivity contribution is 0.103. The second-order valence-corrected chi connectivity index (χ2v) is 6.17. The number of thiophene rings is 1. The van der Waals surface area contributed by atoms with Gasteiger partial charge in [0, 0.05) is 11.1 Å². The molecule has 1 aromatic carbocycles. The molecule has 0 saturated heterocycles. The molecule has 3 rings (SSSR count). The molecule has 0 aliphatic heterocycles. The van der Waals surface area contributed by atoms with Crippen molar-refractivity contribution in [1.29, 1.82) is 0 Å². The highest BCUT2D eigenvalue weighted by molar-refractivity contribution is 7.17. The minimum absolute atomic E-state index is 0.0936. The Labute approximate surface area is 142 Å². The molecule has 1 amide bonds. The second kappa shape index (κ2) is 6.60. The maximum absolute atomic E-state index is 13.6. The number of amides is 1. The van der Waals surface area contributed by atoms with Gasteiger partial charge in [-0.2, -0.15) is 0 Å². The molecule has 0 fully saturated rings. The number of anilines is 1. The van der Waals surface area contributed by atoms with Crippen LogP contribution >= 0.6 is 11.3 Å². The molecule has 3 aromatic rings. The quantitative estimate of drug-likeness (QED) is 0.679. The topological polar surface area (TPSA) is 46.4 Å². The molecule has 0 unspecified atom stereocenters. The van der Waals surface area contributed by atoms with Crippen molar-refractivity contribution < 1.29 is 9.18 Å². The molecule has 0 aliphatic rings. The SMILES string of the molecule is [C-]#[N+]c1ccc(C)c(-c2ccc(C(=O)Nc3ccncc3F)s2)c1. The summed E-state index contributed by atoms with van der Waals surface area (Å²) in [6.45, 7) is 9.07. The number of aryl methyl sites for hydroxylation is 1. The zero-order chi connectivity index (χ0) is 17.1. The van der Waals surface area contributed by atoms with Gasteiger partial charge in [-0.15, -0.1) is 11.3 Å². The van der Waals surface area contributed by atoms with Crippen LogP contribution in [0.5, 0.6) is 0 Å². The number of hydrogen-bond donors (Lipinski definition) is 1. The molecule has 0 radical (unpaired) electrons. The van der Waals surface area contributed by atoms with E-state index in [0.29, 0.717) is 10.6 Å². The fraction of sp³-hybridized carbons (Fsp3) is 0.0556. The number of rotatable bonds is 3. The third kappa shape index (κ3) is 3.16. The number of aromatic nitrogens is 1. The molecule has 0 bridgehead atoms. The van der Waals surface area contributed by atoms with Crippen LogP contribution in [0.3, 0.4) is 0 Å². The van der Waals surface area contributed by atoms with E-state index in [0.717, 1.165) is 22.2 Å². The monoisotopic (exact) mass is 337 g/mol. The highest BCUT2D eigenvalue weighted by Crippen LogP contribution is 2.33. The van der Waals surface area contributed by atoms with Crippen LogP contribution in [0, 0.1) is 19.3 Å². The van der Waals surface area contributed by atoms with Gasteiger partial charge in [0.2, 0.25) is 0 Å². The van der Waals surface area contributed by atoms with E-state index in [-0.39, 0.29) is 11.6 Å². The van der Waals surface area contributed by atoms with E-state index in [2.05, 4.69) is 15.1 Å². The van der Waals surface area contributed by atoms with Gasteiger partial charge < -0.3 is 5.32 Å². The first kappa shape index (κ1) is 15.8. The summed E-state index contributed by atoms with van der Waals surface area (Å²) in [5.74, 6) is -0.960. The lowest BCUT2D eigenvalue weighted by Crippen LogP contribution is -2.11. The van der Waals surface area contributed by atoms with Gasteiger partial charge in [-0.25, -0.2) is 9.24 Å². The van der Waals surface area contributed by atoms with Crippen LogP contribution in [0.15, 0.2) is 48.8 Å². The lowest BCUT2D eigenvalue weighted by Gasteiger charge is -2.05. The summed E-state index contributed by atoms with van der Waals surface area (Å²) in [6, 6.07) is 10.4. The van der Waals surface area contributed by atoms with Gasteiger partial charge in [-0.1, -0.05) is 12.1 Å². The standard InChI is InChI=1S/C18H12FN3OS/c1-11-3-4-12(20-2)9-13(11)16-5-6-17(24-16)18(23)22-15-7-8-21-10-14(15)19/h3-10H,1H3,(H,21,22,23). The van der Waals surface area contributed by atoms with Crippen LogP contribution in [0.25, 0.3) is 15.3 Å². The maximum atomic E-state index is 13.6. The van der Waals surface area contributed by atoms with Gasteiger partial charge in [0.25, 0.3) is 5.91 Å². The minimum atomic E-state index is -0.580. The van der Waals surface area contributed by atoms with Crippen molar-refractivity contribution in [3.63, 3.8) is 0 Å². The smallest absolute Gasteiger partial charge is 0.265 e. The van der Waals surface area contributed by atoms with E-state index in [9.17, 15) is 9.18 Å². The molecule has 4 nitrogen and oxygen atoms in total. The predicted octanol–water partition coefficient (Wildman–Crippen LogP) is 5.06. The van der Waals surface area contributed by atoms with Crippen molar-refractivity contribution >= 4 is 28.6 Å². The van der Waals surface area contributed by atoms with Crippen molar-refractivity contribution in [3.8, 4) is 10.4 Å². The maximum Gasteiger partial charge on any atom is 0.265 e. The van der Waals surface area contributed by atoms with Crippen molar-refractivity contribution in [2.75, 3.05) is 5.32 Å². The first-order chi connectivity index (χ1) is 11.6. The summed E-state index contributed by atoms with van der Waals surface area (Å²) in [5, 5.41) is 2.54. The fourth-order valence-corrected chi connectivity index (χ4v) is 3.19. The number of halogens is 1. The van der Waals surface area contributed by atoms with Crippen LogP contribution in [-0.2, 0) is 0 Å². The first-order valence-electron chi connectivity index (χ1n) is 7.07. The number of hydrogen-bond acceptors (Lipinski definition) is 3. The number of nitrogens with one attached hydrogen (secondary N) is 1. The molecule has 6 heteroatoms. The Balaban J connectivity index is 1.87. The Bertz CT molecular complexity index is 959. The third-order valence-electron chi connectivity index (χ3n) is 3.47. The molecule has 0 spiro atoms. The van der Waals surface area contributed by atoms with E-state index in [1.807, 2.05) is 19.1 Å². The van der Waals surface area contributed by atoms with Gasteiger partial charge in [-0.3, -0.25) is 9.78 Å². The molecule has 24 heavy (non-hydrogen) atoms. The second-order valence-electron chi connectivity index (χ2n) is 5.08. The highest BCUT2D eigenvalue weighted by Gasteiger charge is 2.13. The average molecular weight is 337 g/mol. The van der Waals surface area contributed by atoms with E-state index in [1.54, 1.807) is 18.2 Å². The predicted molar refractivity (Wildman–Crippen MR) is 92.9 cm³/mol. The Kier molecular flexibility index (Phi) is 4.36. The Morgan fingerprint density at radius 1 is 1.29 bits per heavy atom. The van der Waals surface area contributed by atoms with Crippen LogP contribution in [0.4, 0.5) is 15.8 Å². The molecular formula is C18H12FN3OS. The number of nitrogens with zero attached hydrogens (tertiary/aromatic N) is 2. The molecule has 0 atom stereocenters. The van der Waals surface area contributed by atoms with Crippen molar-refractivity contribution in [1.82, 2.24) is 4.98 Å². The summed E-state index contributed by atoms with van der Waals surface area (Å²) >= 11 is 1.30. The molecule has 1 N–H and O–H groups in total. The van der Waals surface area contributed by atoms with E-state index >= 15 is 0 Å². The zero-order valence-electron chi connectivity index (χ0n) is 12.7. The summed E-state index contributed by atoms with van der Waals surface area (Å²) in [5.41, 5.74) is 2.59. The Morgan fingerprint density at radius 2 is 2.12 bits per heavy atom. The van der Waals surface area contributed by atoms with Crippen molar-refractivity contribution in [2.45, 2.75) is 6.92 Å². The molecule has 2 aromatic heterocycles. The molecule has 2 heterocycles. The van der Waals surface area contributed by atoms with Crippen LogP contribution in [0.1, 0.15) is 15.2 Å². The molecule has 0 saturated carbocycles. The Morgan fingerprint density at radius 3 is 2.88 bits per heavy atom. The lowest BCUT2D eigenvalue weighted by atomic mass is 10.1. The normalized spacial score (nSPS) is 10.2. The zero-order valence-corrected chi connectivity index (χ0v) is 13.5.